The predicted octanol–water partition coefficient (Wildman–Crippen LogP) is 2.23. The van der Waals surface area contributed by atoms with Gasteiger partial charge in [0.15, 0.2) is 0 Å². The molecule has 3 amide bonds. The Morgan fingerprint density at radius 2 is 1.00 bits per heavy atom. The normalized spacial score (nSPS) is 10.3. The minimum Gasteiger partial charge on any atom is -0.356 e. The van der Waals surface area contributed by atoms with Gasteiger partial charge in [-0.2, -0.15) is 0 Å². The zero-order chi connectivity index (χ0) is 18.2. The number of amides is 3. The SMILES string of the molecule is CC(=O)NCCCCCCN(CCCCCCNC(C)=O)C(C)=O. The van der Waals surface area contributed by atoms with Gasteiger partial charge in [-0.1, -0.05) is 25.7 Å². The van der Waals surface area contributed by atoms with Gasteiger partial charge in [0.05, 0.1) is 0 Å². The van der Waals surface area contributed by atoms with Gasteiger partial charge in [0.25, 0.3) is 0 Å². The summed E-state index contributed by atoms with van der Waals surface area (Å²) in [5.41, 5.74) is 0. The van der Waals surface area contributed by atoms with E-state index in [1.165, 1.54) is 13.8 Å². The lowest BCUT2D eigenvalue weighted by Gasteiger charge is -2.21. The van der Waals surface area contributed by atoms with Gasteiger partial charge in [0.2, 0.25) is 17.7 Å². The van der Waals surface area contributed by atoms with Crippen molar-refractivity contribution in [3.05, 3.63) is 0 Å². The minimum absolute atomic E-state index is 0.0230. The summed E-state index contributed by atoms with van der Waals surface area (Å²) < 4.78 is 0. The Kier molecular flexibility index (Phi) is 14.0. The molecule has 6 nitrogen and oxygen atoms in total. The van der Waals surface area contributed by atoms with Crippen LogP contribution in [0.3, 0.4) is 0 Å². The molecule has 0 atom stereocenters. The molecule has 0 spiro atoms. The molecular weight excluding hydrogens is 306 g/mol. The van der Waals surface area contributed by atoms with E-state index < -0.39 is 0 Å². The van der Waals surface area contributed by atoms with Crippen LogP contribution in [0.25, 0.3) is 0 Å². The summed E-state index contributed by atoms with van der Waals surface area (Å²) in [7, 11) is 0. The minimum atomic E-state index is 0.0230. The zero-order valence-corrected chi connectivity index (χ0v) is 15.7. The van der Waals surface area contributed by atoms with Gasteiger partial charge in [-0.05, 0) is 25.7 Å². The van der Waals surface area contributed by atoms with Crippen LogP contribution in [0, 0.1) is 0 Å². The molecule has 0 aliphatic carbocycles. The Bertz CT molecular complexity index is 345. The number of hydrogen-bond acceptors (Lipinski definition) is 3. The second kappa shape index (κ2) is 15.0. The lowest BCUT2D eigenvalue weighted by Crippen LogP contribution is -2.30. The van der Waals surface area contributed by atoms with Crippen LogP contribution in [0.1, 0.15) is 72.1 Å². The van der Waals surface area contributed by atoms with Crippen LogP contribution in [0.5, 0.6) is 0 Å². The third kappa shape index (κ3) is 15.3. The van der Waals surface area contributed by atoms with E-state index in [-0.39, 0.29) is 17.7 Å². The molecule has 0 unspecified atom stereocenters. The Balaban J connectivity index is 3.59. The summed E-state index contributed by atoms with van der Waals surface area (Å²) in [6.07, 6.45) is 8.34. The molecule has 0 radical (unpaired) electrons. The van der Waals surface area contributed by atoms with E-state index in [1.54, 1.807) is 6.92 Å². The van der Waals surface area contributed by atoms with Crippen molar-refractivity contribution in [2.45, 2.75) is 72.1 Å². The largest absolute Gasteiger partial charge is 0.356 e. The molecule has 0 aromatic heterocycles. The number of carbonyl (C=O) groups excluding carboxylic acids is 3. The molecule has 140 valence electrons. The number of hydrogen-bond donors (Lipinski definition) is 2. The first kappa shape index (κ1) is 22.4. The van der Waals surface area contributed by atoms with Crippen molar-refractivity contribution in [1.29, 1.82) is 0 Å². The quantitative estimate of drug-likeness (QED) is 0.476. The second-order valence-electron chi connectivity index (χ2n) is 6.30. The molecule has 0 saturated heterocycles. The summed E-state index contributed by atoms with van der Waals surface area (Å²) in [4.78, 5) is 35.1. The van der Waals surface area contributed by atoms with Crippen molar-refractivity contribution in [3.63, 3.8) is 0 Å². The molecule has 24 heavy (non-hydrogen) atoms. The number of unbranched alkanes of at least 4 members (excludes halogenated alkanes) is 6. The van der Waals surface area contributed by atoms with E-state index in [1.807, 2.05) is 4.90 Å². The third-order valence-electron chi connectivity index (χ3n) is 3.90. The monoisotopic (exact) mass is 341 g/mol. The van der Waals surface area contributed by atoms with Crippen LogP contribution >= 0.6 is 0 Å². The first-order valence-electron chi connectivity index (χ1n) is 9.18. The molecule has 0 aromatic carbocycles. The van der Waals surface area contributed by atoms with E-state index in [2.05, 4.69) is 10.6 Å². The Hall–Kier alpha value is -1.59. The fourth-order valence-electron chi connectivity index (χ4n) is 2.52. The average Bonchev–Trinajstić information content (AvgIpc) is 2.50. The van der Waals surface area contributed by atoms with Crippen molar-refractivity contribution in [1.82, 2.24) is 15.5 Å². The standard InChI is InChI=1S/C18H35N3O3/c1-16(22)19-12-8-4-6-10-14-21(18(3)24)15-11-7-5-9-13-20-17(2)23/h4-15H2,1-3H3,(H,19,22)(H,20,23). The zero-order valence-electron chi connectivity index (χ0n) is 15.7. The lowest BCUT2D eigenvalue weighted by molar-refractivity contribution is -0.129. The van der Waals surface area contributed by atoms with Gasteiger partial charge in [-0.3, -0.25) is 14.4 Å². The van der Waals surface area contributed by atoms with E-state index in [0.717, 1.165) is 77.5 Å². The Labute approximate surface area is 146 Å². The summed E-state index contributed by atoms with van der Waals surface area (Å²) >= 11 is 0. The lowest BCUT2D eigenvalue weighted by atomic mass is 10.1. The van der Waals surface area contributed by atoms with Crippen molar-refractivity contribution in [2.75, 3.05) is 26.2 Å². The third-order valence-corrected chi connectivity index (χ3v) is 3.90. The molecule has 2 N–H and O–H groups in total. The molecule has 0 bridgehead atoms. The van der Waals surface area contributed by atoms with Crippen LogP contribution in [0.2, 0.25) is 0 Å². The van der Waals surface area contributed by atoms with Crippen LogP contribution in [-0.4, -0.2) is 48.8 Å². The van der Waals surface area contributed by atoms with E-state index in [4.69, 9.17) is 0 Å². The molecule has 0 aliphatic heterocycles. The number of carbonyl (C=O) groups is 3. The van der Waals surface area contributed by atoms with Crippen LogP contribution < -0.4 is 10.6 Å². The fraction of sp³-hybridized carbons (Fsp3) is 0.833. The highest BCUT2D eigenvalue weighted by atomic mass is 16.2. The highest BCUT2D eigenvalue weighted by Gasteiger charge is 2.07. The summed E-state index contributed by atoms with van der Waals surface area (Å²) in [5.74, 6) is 0.191. The topological polar surface area (TPSA) is 78.5 Å². The fourth-order valence-corrected chi connectivity index (χ4v) is 2.52. The molecule has 0 heterocycles. The summed E-state index contributed by atoms with van der Waals surface area (Å²) in [6, 6.07) is 0. The van der Waals surface area contributed by atoms with Gasteiger partial charge in [-0.25, -0.2) is 0 Å². The maximum atomic E-state index is 11.7. The van der Waals surface area contributed by atoms with Crippen molar-refractivity contribution in [2.24, 2.45) is 0 Å². The molecule has 0 saturated carbocycles. The van der Waals surface area contributed by atoms with E-state index >= 15 is 0 Å². The maximum absolute atomic E-state index is 11.7. The van der Waals surface area contributed by atoms with Gasteiger partial charge < -0.3 is 15.5 Å². The summed E-state index contributed by atoms with van der Waals surface area (Å²) in [6.45, 7) is 7.82. The maximum Gasteiger partial charge on any atom is 0.219 e. The number of nitrogens with zero attached hydrogens (tertiary/aromatic N) is 1. The average molecular weight is 341 g/mol. The highest BCUT2D eigenvalue weighted by Crippen LogP contribution is 2.05. The molecule has 6 heteroatoms. The van der Waals surface area contributed by atoms with Crippen LogP contribution in [0.4, 0.5) is 0 Å². The van der Waals surface area contributed by atoms with Gasteiger partial charge in [0, 0.05) is 47.0 Å². The van der Waals surface area contributed by atoms with Crippen LogP contribution in [0.15, 0.2) is 0 Å². The van der Waals surface area contributed by atoms with E-state index in [0.29, 0.717) is 0 Å². The Morgan fingerprint density at radius 1 is 0.625 bits per heavy atom. The van der Waals surface area contributed by atoms with Crippen molar-refractivity contribution < 1.29 is 14.4 Å². The highest BCUT2D eigenvalue weighted by molar-refractivity contribution is 5.73. The van der Waals surface area contributed by atoms with Crippen LogP contribution in [-0.2, 0) is 14.4 Å². The molecule has 0 fully saturated rings. The Morgan fingerprint density at radius 3 is 1.33 bits per heavy atom. The first-order chi connectivity index (χ1) is 11.4. The van der Waals surface area contributed by atoms with Gasteiger partial charge in [-0.15, -0.1) is 0 Å². The molecule has 0 aliphatic rings. The van der Waals surface area contributed by atoms with Crippen molar-refractivity contribution >= 4 is 17.7 Å². The van der Waals surface area contributed by atoms with E-state index in [9.17, 15) is 14.4 Å². The predicted molar refractivity (Wildman–Crippen MR) is 96.6 cm³/mol. The van der Waals surface area contributed by atoms with Gasteiger partial charge in [0.1, 0.15) is 0 Å². The van der Waals surface area contributed by atoms with Gasteiger partial charge >= 0.3 is 0 Å². The number of nitrogens with one attached hydrogen (secondary N) is 2. The first-order valence-corrected chi connectivity index (χ1v) is 9.18. The van der Waals surface area contributed by atoms with Crippen molar-refractivity contribution in [3.8, 4) is 0 Å². The molecular formula is C18H35N3O3. The molecule has 0 rings (SSSR count). The summed E-state index contributed by atoms with van der Waals surface area (Å²) in [5, 5.41) is 5.58. The molecule has 0 aromatic rings. The second-order valence-corrected chi connectivity index (χ2v) is 6.30. The smallest absolute Gasteiger partial charge is 0.219 e. The number of rotatable bonds is 14.